The zero-order valence-electron chi connectivity index (χ0n) is 9.97. The van der Waals surface area contributed by atoms with Gasteiger partial charge >= 0.3 is 0 Å². The molecule has 0 unspecified atom stereocenters. The number of hydrogen-bond acceptors (Lipinski definition) is 4. The van der Waals surface area contributed by atoms with Crippen molar-refractivity contribution in [1.82, 2.24) is 14.7 Å². The molecule has 6 heteroatoms. The highest BCUT2D eigenvalue weighted by atomic mass is 35.5. The Morgan fingerprint density at radius 1 is 1.33 bits per heavy atom. The standard InChI is InChI=1S/C12H16ClN3O2/c13-10-1-2-12-15-11(9-16(12)8-10)7-14-3-5-18-6-4-17/h1-2,8-9,14,17H,3-7H2. The monoisotopic (exact) mass is 269 g/mol. The number of aliphatic hydroxyl groups is 1. The number of rotatable bonds is 7. The molecule has 98 valence electrons. The third-order valence-electron chi connectivity index (χ3n) is 2.43. The van der Waals surface area contributed by atoms with Gasteiger partial charge in [0.1, 0.15) is 5.65 Å². The van der Waals surface area contributed by atoms with Crippen molar-refractivity contribution in [3.63, 3.8) is 0 Å². The van der Waals surface area contributed by atoms with Gasteiger partial charge in [-0.3, -0.25) is 0 Å². The Kier molecular flexibility index (Phi) is 4.95. The van der Waals surface area contributed by atoms with Crippen LogP contribution in [-0.2, 0) is 11.3 Å². The van der Waals surface area contributed by atoms with Crippen molar-refractivity contribution in [2.75, 3.05) is 26.4 Å². The van der Waals surface area contributed by atoms with Gasteiger partial charge in [0, 0.05) is 25.5 Å². The molecule has 0 bridgehead atoms. The first kappa shape index (κ1) is 13.3. The molecule has 0 aliphatic rings. The van der Waals surface area contributed by atoms with Crippen LogP contribution in [0.25, 0.3) is 5.65 Å². The first-order chi connectivity index (χ1) is 8.79. The minimum Gasteiger partial charge on any atom is -0.394 e. The highest BCUT2D eigenvalue weighted by Crippen LogP contribution is 2.11. The summed E-state index contributed by atoms with van der Waals surface area (Å²) in [5.41, 5.74) is 1.84. The van der Waals surface area contributed by atoms with E-state index in [-0.39, 0.29) is 6.61 Å². The van der Waals surface area contributed by atoms with Gasteiger partial charge in [0.2, 0.25) is 0 Å². The summed E-state index contributed by atoms with van der Waals surface area (Å²) in [5, 5.41) is 12.4. The Balaban J connectivity index is 1.81. The lowest BCUT2D eigenvalue weighted by atomic mass is 10.4. The van der Waals surface area contributed by atoms with E-state index in [1.54, 1.807) is 0 Å². The van der Waals surface area contributed by atoms with Crippen molar-refractivity contribution in [2.24, 2.45) is 0 Å². The molecule has 0 spiro atoms. The van der Waals surface area contributed by atoms with E-state index in [1.165, 1.54) is 0 Å². The van der Waals surface area contributed by atoms with E-state index in [9.17, 15) is 0 Å². The Bertz CT molecular complexity index is 501. The quantitative estimate of drug-likeness (QED) is 0.739. The number of halogens is 1. The van der Waals surface area contributed by atoms with Gasteiger partial charge in [0.15, 0.2) is 0 Å². The van der Waals surface area contributed by atoms with Gasteiger partial charge in [-0.1, -0.05) is 11.6 Å². The molecule has 0 radical (unpaired) electrons. The summed E-state index contributed by atoms with van der Waals surface area (Å²) < 4.78 is 7.04. The molecule has 0 aromatic carbocycles. The van der Waals surface area contributed by atoms with Gasteiger partial charge in [-0.05, 0) is 12.1 Å². The van der Waals surface area contributed by atoms with Crippen molar-refractivity contribution >= 4 is 17.2 Å². The second kappa shape index (κ2) is 6.70. The van der Waals surface area contributed by atoms with Gasteiger partial charge in [0.25, 0.3) is 0 Å². The molecule has 2 aromatic rings. The third kappa shape index (κ3) is 3.68. The van der Waals surface area contributed by atoms with Crippen LogP contribution in [0.3, 0.4) is 0 Å². The zero-order valence-corrected chi connectivity index (χ0v) is 10.7. The highest BCUT2D eigenvalue weighted by molar-refractivity contribution is 6.30. The van der Waals surface area contributed by atoms with Crippen molar-refractivity contribution in [1.29, 1.82) is 0 Å². The second-order valence-electron chi connectivity index (χ2n) is 3.86. The van der Waals surface area contributed by atoms with Gasteiger partial charge in [-0.15, -0.1) is 0 Å². The number of imidazole rings is 1. The Morgan fingerprint density at radius 2 is 2.22 bits per heavy atom. The van der Waals surface area contributed by atoms with Crippen molar-refractivity contribution in [2.45, 2.75) is 6.54 Å². The van der Waals surface area contributed by atoms with Gasteiger partial charge in [0.05, 0.1) is 30.5 Å². The Labute approximate surface area is 110 Å². The van der Waals surface area contributed by atoms with Crippen LogP contribution in [-0.4, -0.2) is 40.9 Å². The number of aromatic nitrogens is 2. The summed E-state index contributed by atoms with van der Waals surface area (Å²) >= 11 is 5.90. The molecule has 0 saturated carbocycles. The lowest BCUT2D eigenvalue weighted by Gasteiger charge is -2.02. The van der Waals surface area contributed by atoms with Crippen molar-refractivity contribution in [3.8, 4) is 0 Å². The van der Waals surface area contributed by atoms with Crippen LogP contribution < -0.4 is 5.32 Å². The number of fused-ring (bicyclic) bond motifs is 1. The second-order valence-corrected chi connectivity index (χ2v) is 4.29. The molecule has 2 aromatic heterocycles. The SMILES string of the molecule is OCCOCCNCc1cn2cc(Cl)ccc2n1. The maximum absolute atomic E-state index is 8.53. The smallest absolute Gasteiger partial charge is 0.137 e. The molecule has 0 aliphatic heterocycles. The number of ether oxygens (including phenoxy) is 1. The van der Waals surface area contributed by atoms with Crippen LogP contribution in [0, 0.1) is 0 Å². The molecular weight excluding hydrogens is 254 g/mol. The minimum absolute atomic E-state index is 0.0627. The van der Waals surface area contributed by atoms with Gasteiger partial charge in [-0.2, -0.15) is 0 Å². The van der Waals surface area contributed by atoms with Crippen molar-refractivity contribution in [3.05, 3.63) is 35.2 Å². The molecule has 0 saturated heterocycles. The van der Waals surface area contributed by atoms with Crippen LogP contribution in [0.4, 0.5) is 0 Å². The third-order valence-corrected chi connectivity index (χ3v) is 2.65. The fraction of sp³-hybridized carbons (Fsp3) is 0.417. The number of pyridine rings is 1. The summed E-state index contributed by atoms with van der Waals surface area (Å²) in [4.78, 5) is 4.45. The summed E-state index contributed by atoms with van der Waals surface area (Å²) in [7, 11) is 0. The van der Waals surface area contributed by atoms with Gasteiger partial charge < -0.3 is 19.6 Å². The van der Waals surface area contributed by atoms with Crippen LogP contribution >= 0.6 is 11.6 Å². The maximum Gasteiger partial charge on any atom is 0.137 e. The van der Waals surface area contributed by atoms with Crippen LogP contribution in [0.5, 0.6) is 0 Å². The Morgan fingerprint density at radius 3 is 3.06 bits per heavy atom. The Hall–Kier alpha value is -1.14. The number of aliphatic hydroxyl groups excluding tert-OH is 1. The lowest BCUT2D eigenvalue weighted by Crippen LogP contribution is -2.20. The number of nitrogens with zero attached hydrogens (tertiary/aromatic N) is 2. The van der Waals surface area contributed by atoms with E-state index >= 15 is 0 Å². The largest absolute Gasteiger partial charge is 0.394 e. The summed E-state index contributed by atoms with van der Waals surface area (Å²) in [5.74, 6) is 0. The fourth-order valence-corrected chi connectivity index (χ4v) is 1.80. The fourth-order valence-electron chi connectivity index (χ4n) is 1.63. The summed E-state index contributed by atoms with van der Waals surface area (Å²) in [6.07, 6.45) is 3.78. The average Bonchev–Trinajstić information content (AvgIpc) is 2.75. The van der Waals surface area contributed by atoms with E-state index in [4.69, 9.17) is 21.4 Å². The predicted molar refractivity (Wildman–Crippen MR) is 69.8 cm³/mol. The summed E-state index contributed by atoms with van der Waals surface area (Å²) in [6, 6.07) is 3.71. The van der Waals surface area contributed by atoms with Crippen molar-refractivity contribution < 1.29 is 9.84 Å². The van der Waals surface area contributed by atoms with E-state index in [0.717, 1.165) is 17.9 Å². The molecule has 18 heavy (non-hydrogen) atoms. The predicted octanol–water partition coefficient (Wildman–Crippen LogP) is 1.09. The maximum atomic E-state index is 8.53. The normalized spacial score (nSPS) is 11.2. The van der Waals surface area contributed by atoms with E-state index in [2.05, 4.69) is 10.3 Å². The molecular formula is C12H16ClN3O2. The molecule has 0 fully saturated rings. The number of hydrogen-bond donors (Lipinski definition) is 2. The minimum atomic E-state index is 0.0627. The molecule has 2 N–H and O–H groups in total. The van der Waals surface area contributed by atoms with E-state index in [0.29, 0.717) is 24.8 Å². The first-order valence-corrected chi connectivity index (χ1v) is 6.20. The topological polar surface area (TPSA) is 58.8 Å². The van der Waals surface area contributed by atoms with E-state index in [1.807, 2.05) is 28.9 Å². The molecule has 0 amide bonds. The first-order valence-electron chi connectivity index (χ1n) is 5.82. The average molecular weight is 270 g/mol. The molecule has 0 atom stereocenters. The molecule has 0 aliphatic carbocycles. The molecule has 2 heterocycles. The number of nitrogens with one attached hydrogen (secondary N) is 1. The van der Waals surface area contributed by atoms with E-state index < -0.39 is 0 Å². The summed E-state index contributed by atoms with van der Waals surface area (Å²) in [6.45, 7) is 2.44. The van der Waals surface area contributed by atoms with Crippen LogP contribution in [0.15, 0.2) is 24.5 Å². The molecule has 5 nitrogen and oxygen atoms in total. The van der Waals surface area contributed by atoms with Crippen LogP contribution in [0.2, 0.25) is 5.02 Å². The molecule has 2 rings (SSSR count). The highest BCUT2D eigenvalue weighted by Gasteiger charge is 2.01. The van der Waals surface area contributed by atoms with Crippen LogP contribution in [0.1, 0.15) is 5.69 Å². The lowest BCUT2D eigenvalue weighted by molar-refractivity contribution is 0.0937. The zero-order chi connectivity index (χ0) is 12.8. The van der Waals surface area contributed by atoms with Gasteiger partial charge in [-0.25, -0.2) is 4.98 Å².